The molecular formula is C16H9ClF2N2O2S. The van der Waals surface area contributed by atoms with Crippen molar-refractivity contribution in [1.29, 1.82) is 0 Å². The predicted octanol–water partition coefficient (Wildman–Crippen LogP) is 4.70. The molecule has 0 spiro atoms. The maximum Gasteiger partial charge on any atom is 0.257 e. The Kier molecular flexibility index (Phi) is 4.46. The quantitative estimate of drug-likeness (QED) is 0.706. The summed E-state index contributed by atoms with van der Waals surface area (Å²) in [6, 6.07) is 7.51. The fourth-order valence-corrected chi connectivity index (χ4v) is 2.83. The predicted molar refractivity (Wildman–Crippen MR) is 88.5 cm³/mol. The number of carbonyl (C=O) groups excluding carboxylic acids is 1. The molecule has 0 radical (unpaired) electrons. The number of aromatic hydroxyl groups is 1. The van der Waals surface area contributed by atoms with Crippen LogP contribution in [0.15, 0.2) is 41.8 Å². The smallest absolute Gasteiger partial charge is 0.257 e. The summed E-state index contributed by atoms with van der Waals surface area (Å²) in [4.78, 5) is 16.3. The molecule has 0 fully saturated rings. The lowest BCUT2D eigenvalue weighted by Crippen LogP contribution is -2.11. The summed E-state index contributed by atoms with van der Waals surface area (Å²) >= 11 is 6.91. The number of nitrogens with one attached hydrogen (secondary N) is 1. The van der Waals surface area contributed by atoms with Gasteiger partial charge in [-0.2, -0.15) is 0 Å². The highest BCUT2D eigenvalue weighted by atomic mass is 35.5. The molecule has 0 bridgehead atoms. The van der Waals surface area contributed by atoms with E-state index in [1.807, 2.05) is 0 Å². The minimum Gasteiger partial charge on any atom is -0.506 e. The van der Waals surface area contributed by atoms with Crippen LogP contribution < -0.4 is 5.32 Å². The SMILES string of the molecule is O=C(Nc1nc(-c2ccc(F)c(F)c2)cs1)c1ccc(O)c(Cl)c1. The van der Waals surface area contributed by atoms with Gasteiger partial charge in [-0.05, 0) is 36.4 Å². The Morgan fingerprint density at radius 3 is 2.67 bits per heavy atom. The van der Waals surface area contributed by atoms with Crippen molar-refractivity contribution in [3.8, 4) is 17.0 Å². The largest absolute Gasteiger partial charge is 0.506 e. The summed E-state index contributed by atoms with van der Waals surface area (Å²) in [5.41, 5.74) is 1.07. The summed E-state index contributed by atoms with van der Waals surface area (Å²) < 4.78 is 26.2. The molecule has 3 aromatic rings. The molecule has 8 heteroatoms. The van der Waals surface area contributed by atoms with Crippen LogP contribution in [0.1, 0.15) is 10.4 Å². The summed E-state index contributed by atoms with van der Waals surface area (Å²) in [7, 11) is 0. The van der Waals surface area contributed by atoms with E-state index in [9.17, 15) is 18.7 Å². The molecule has 0 aliphatic carbocycles. The van der Waals surface area contributed by atoms with E-state index in [1.54, 1.807) is 5.38 Å². The van der Waals surface area contributed by atoms with Gasteiger partial charge in [-0.15, -0.1) is 11.3 Å². The zero-order valence-corrected chi connectivity index (χ0v) is 13.5. The van der Waals surface area contributed by atoms with Crippen molar-refractivity contribution < 1.29 is 18.7 Å². The highest BCUT2D eigenvalue weighted by Crippen LogP contribution is 2.27. The molecule has 1 amide bonds. The van der Waals surface area contributed by atoms with Crippen molar-refractivity contribution in [3.63, 3.8) is 0 Å². The minimum absolute atomic E-state index is 0.0595. The number of rotatable bonds is 3. The Balaban J connectivity index is 1.79. The van der Waals surface area contributed by atoms with Gasteiger partial charge in [-0.3, -0.25) is 10.1 Å². The molecule has 1 aromatic heterocycles. The van der Waals surface area contributed by atoms with E-state index in [1.165, 1.54) is 24.3 Å². The molecule has 4 nitrogen and oxygen atoms in total. The Morgan fingerprint density at radius 1 is 1.17 bits per heavy atom. The van der Waals surface area contributed by atoms with Gasteiger partial charge >= 0.3 is 0 Å². The van der Waals surface area contributed by atoms with Gasteiger partial charge < -0.3 is 5.11 Å². The van der Waals surface area contributed by atoms with E-state index in [-0.39, 0.29) is 16.3 Å². The normalized spacial score (nSPS) is 10.6. The average Bonchev–Trinajstić information content (AvgIpc) is 3.01. The molecule has 122 valence electrons. The Hall–Kier alpha value is -2.51. The van der Waals surface area contributed by atoms with Crippen molar-refractivity contribution in [3.05, 3.63) is 64.0 Å². The number of phenolic OH excluding ortho intramolecular Hbond substituents is 1. The number of anilines is 1. The van der Waals surface area contributed by atoms with Crippen LogP contribution in [0.3, 0.4) is 0 Å². The highest BCUT2D eigenvalue weighted by Gasteiger charge is 2.12. The van der Waals surface area contributed by atoms with Crippen LogP contribution in [0.2, 0.25) is 5.02 Å². The van der Waals surface area contributed by atoms with Gasteiger partial charge in [-0.25, -0.2) is 13.8 Å². The number of thiazole rings is 1. The molecule has 3 rings (SSSR count). The first-order valence-electron chi connectivity index (χ1n) is 6.65. The molecule has 0 aliphatic rings. The maximum atomic E-state index is 13.3. The number of phenols is 1. The van der Waals surface area contributed by atoms with Crippen LogP contribution in [-0.2, 0) is 0 Å². The molecule has 0 aliphatic heterocycles. The van der Waals surface area contributed by atoms with Crippen molar-refractivity contribution >= 4 is 34.0 Å². The van der Waals surface area contributed by atoms with Gasteiger partial charge in [0, 0.05) is 16.5 Å². The second-order valence-corrected chi connectivity index (χ2v) is 6.05. The van der Waals surface area contributed by atoms with Crippen LogP contribution in [0.5, 0.6) is 5.75 Å². The lowest BCUT2D eigenvalue weighted by atomic mass is 10.2. The van der Waals surface area contributed by atoms with Gasteiger partial charge in [0.15, 0.2) is 16.8 Å². The van der Waals surface area contributed by atoms with E-state index in [2.05, 4.69) is 10.3 Å². The van der Waals surface area contributed by atoms with Crippen LogP contribution in [0, 0.1) is 11.6 Å². The molecule has 0 saturated heterocycles. The van der Waals surface area contributed by atoms with Crippen molar-refractivity contribution in [2.24, 2.45) is 0 Å². The first-order chi connectivity index (χ1) is 11.4. The number of benzene rings is 2. The fourth-order valence-electron chi connectivity index (χ4n) is 1.94. The third-order valence-corrected chi connectivity index (χ3v) is 4.21. The highest BCUT2D eigenvalue weighted by molar-refractivity contribution is 7.14. The number of amides is 1. The zero-order valence-electron chi connectivity index (χ0n) is 11.9. The van der Waals surface area contributed by atoms with Crippen LogP contribution >= 0.6 is 22.9 Å². The third-order valence-electron chi connectivity index (χ3n) is 3.15. The average molecular weight is 367 g/mol. The Bertz CT molecular complexity index is 930. The van der Waals surface area contributed by atoms with Gasteiger partial charge in [-0.1, -0.05) is 11.6 Å². The second kappa shape index (κ2) is 6.54. The second-order valence-electron chi connectivity index (χ2n) is 4.79. The maximum absolute atomic E-state index is 13.3. The molecule has 2 aromatic carbocycles. The fraction of sp³-hybridized carbons (Fsp3) is 0. The molecule has 0 unspecified atom stereocenters. The number of aromatic nitrogens is 1. The first kappa shape index (κ1) is 16.4. The molecule has 0 saturated carbocycles. The van der Waals surface area contributed by atoms with E-state index >= 15 is 0 Å². The monoisotopic (exact) mass is 366 g/mol. The van der Waals surface area contributed by atoms with Crippen LogP contribution in [-0.4, -0.2) is 16.0 Å². The summed E-state index contributed by atoms with van der Waals surface area (Å²) in [5.74, 6) is -2.48. The van der Waals surface area contributed by atoms with E-state index in [0.717, 1.165) is 23.5 Å². The molecule has 24 heavy (non-hydrogen) atoms. The molecular weight excluding hydrogens is 358 g/mol. The van der Waals surface area contributed by atoms with Crippen LogP contribution in [0.4, 0.5) is 13.9 Å². The topological polar surface area (TPSA) is 62.2 Å². The van der Waals surface area contributed by atoms with Crippen molar-refractivity contribution in [1.82, 2.24) is 4.98 Å². The number of hydrogen-bond acceptors (Lipinski definition) is 4. The van der Waals surface area contributed by atoms with Gasteiger partial charge in [0.25, 0.3) is 5.91 Å². The van der Waals surface area contributed by atoms with E-state index in [4.69, 9.17) is 11.6 Å². The zero-order chi connectivity index (χ0) is 17.3. The first-order valence-corrected chi connectivity index (χ1v) is 7.90. The van der Waals surface area contributed by atoms with E-state index in [0.29, 0.717) is 16.4 Å². The Labute approximate surface area is 144 Å². The minimum atomic E-state index is -0.968. The Morgan fingerprint density at radius 2 is 1.96 bits per heavy atom. The van der Waals surface area contributed by atoms with E-state index < -0.39 is 17.5 Å². The standard InChI is InChI=1S/C16H9ClF2N2O2S/c17-10-5-9(2-4-14(10)22)15(23)21-16-20-13(7-24-16)8-1-3-11(18)12(19)6-8/h1-7,22H,(H,20,21,23). The van der Waals surface area contributed by atoms with Crippen molar-refractivity contribution in [2.75, 3.05) is 5.32 Å². The lowest BCUT2D eigenvalue weighted by Gasteiger charge is -2.03. The molecule has 0 atom stereocenters. The van der Waals surface area contributed by atoms with Crippen LogP contribution in [0.25, 0.3) is 11.3 Å². The third kappa shape index (κ3) is 3.37. The molecule has 2 N–H and O–H groups in total. The van der Waals surface area contributed by atoms with Gasteiger partial charge in [0.2, 0.25) is 0 Å². The number of nitrogens with zero attached hydrogens (tertiary/aromatic N) is 1. The number of carbonyl (C=O) groups is 1. The summed E-state index contributed by atoms with van der Waals surface area (Å²) in [6.45, 7) is 0. The van der Waals surface area contributed by atoms with Crippen molar-refractivity contribution in [2.45, 2.75) is 0 Å². The van der Waals surface area contributed by atoms with Gasteiger partial charge in [0.05, 0.1) is 10.7 Å². The molecule has 1 heterocycles. The lowest BCUT2D eigenvalue weighted by molar-refractivity contribution is 0.102. The van der Waals surface area contributed by atoms with Gasteiger partial charge in [0.1, 0.15) is 5.75 Å². The number of hydrogen-bond donors (Lipinski definition) is 2. The number of halogens is 3. The summed E-state index contributed by atoms with van der Waals surface area (Å²) in [6.07, 6.45) is 0. The summed E-state index contributed by atoms with van der Waals surface area (Å²) in [5, 5.41) is 13.9.